The Bertz CT molecular complexity index is 827. The minimum Gasteiger partial charge on any atom is -0.481 e. The summed E-state index contributed by atoms with van der Waals surface area (Å²) in [5.41, 5.74) is 2.65. The van der Waals surface area contributed by atoms with Gasteiger partial charge in [-0.25, -0.2) is 0 Å². The van der Waals surface area contributed by atoms with Crippen LogP contribution in [0.3, 0.4) is 0 Å². The van der Waals surface area contributed by atoms with Gasteiger partial charge < -0.3 is 10.4 Å². The first-order valence-corrected chi connectivity index (χ1v) is 9.73. The highest BCUT2D eigenvalue weighted by molar-refractivity contribution is 5.83. The number of aliphatic carboxylic acids is 1. The van der Waals surface area contributed by atoms with Crippen LogP contribution in [0.15, 0.2) is 30.3 Å². The summed E-state index contributed by atoms with van der Waals surface area (Å²) in [5.74, 6) is -0.611. The van der Waals surface area contributed by atoms with Crippen molar-refractivity contribution < 1.29 is 14.7 Å². The van der Waals surface area contributed by atoms with Crippen molar-refractivity contribution in [2.75, 3.05) is 6.54 Å². The van der Waals surface area contributed by atoms with Gasteiger partial charge in [-0.15, -0.1) is 0 Å². The maximum atomic E-state index is 12.4. The predicted octanol–water partition coefficient (Wildman–Crippen LogP) is 3.25. The van der Waals surface area contributed by atoms with Crippen LogP contribution in [0.5, 0.6) is 0 Å². The number of nitrogens with zero attached hydrogens (tertiary/aromatic N) is 2. The summed E-state index contributed by atoms with van der Waals surface area (Å²) < 4.78 is 2.00. The number of carboxylic acid groups (broad SMARTS) is 1. The number of aromatic nitrogens is 2. The van der Waals surface area contributed by atoms with Gasteiger partial charge in [-0.05, 0) is 44.2 Å². The second-order valence-corrected chi connectivity index (χ2v) is 8.01. The molecule has 6 nitrogen and oxygen atoms in total. The van der Waals surface area contributed by atoms with Gasteiger partial charge in [0.2, 0.25) is 5.91 Å². The van der Waals surface area contributed by atoms with Crippen molar-refractivity contribution in [2.45, 2.75) is 59.4 Å². The van der Waals surface area contributed by atoms with E-state index in [0.717, 1.165) is 23.5 Å². The highest BCUT2D eigenvalue weighted by Crippen LogP contribution is 2.23. The zero-order chi connectivity index (χ0) is 20.9. The zero-order valence-electron chi connectivity index (χ0n) is 17.5. The molecule has 0 aliphatic carbocycles. The van der Waals surface area contributed by atoms with Gasteiger partial charge in [0.25, 0.3) is 0 Å². The number of aryl methyl sites for hydroxylation is 1. The van der Waals surface area contributed by atoms with Crippen LogP contribution in [-0.2, 0) is 28.0 Å². The van der Waals surface area contributed by atoms with E-state index >= 15 is 0 Å². The summed E-state index contributed by atoms with van der Waals surface area (Å²) >= 11 is 0. The van der Waals surface area contributed by atoms with E-state index < -0.39 is 11.4 Å². The topological polar surface area (TPSA) is 84.2 Å². The molecule has 2 aromatic rings. The fraction of sp³-hybridized carbons (Fsp3) is 0.500. The largest absolute Gasteiger partial charge is 0.481 e. The number of rotatable bonds is 9. The van der Waals surface area contributed by atoms with Gasteiger partial charge in [0.15, 0.2) is 0 Å². The van der Waals surface area contributed by atoms with Gasteiger partial charge in [-0.1, -0.05) is 44.2 Å². The number of hydrogen-bond acceptors (Lipinski definition) is 3. The molecule has 0 spiro atoms. The Morgan fingerprint density at radius 2 is 1.86 bits per heavy atom. The third-order valence-electron chi connectivity index (χ3n) is 5.19. The molecule has 1 unspecified atom stereocenters. The molecule has 0 saturated carbocycles. The SMILES string of the molecule is Cc1nn(CC(C)C)c(C)c1CCC(=O)NCC(C)(C(=O)O)c1ccccc1. The maximum absolute atomic E-state index is 12.4. The normalized spacial score (nSPS) is 13.4. The van der Waals surface area contributed by atoms with Crippen molar-refractivity contribution in [2.24, 2.45) is 5.92 Å². The summed E-state index contributed by atoms with van der Waals surface area (Å²) in [6.07, 6.45) is 0.899. The first-order chi connectivity index (χ1) is 13.1. The lowest BCUT2D eigenvalue weighted by Crippen LogP contribution is -2.44. The Morgan fingerprint density at radius 1 is 1.21 bits per heavy atom. The molecule has 0 bridgehead atoms. The third kappa shape index (κ3) is 5.00. The lowest BCUT2D eigenvalue weighted by atomic mass is 9.82. The molecule has 0 radical (unpaired) electrons. The van der Waals surface area contributed by atoms with Gasteiger partial charge in [0, 0.05) is 25.2 Å². The molecule has 0 aliphatic heterocycles. The maximum Gasteiger partial charge on any atom is 0.315 e. The molecular formula is C22H31N3O3. The van der Waals surface area contributed by atoms with E-state index in [1.165, 1.54) is 0 Å². The number of carboxylic acids is 1. The molecule has 1 amide bonds. The second-order valence-electron chi connectivity index (χ2n) is 8.01. The lowest BCUT2D eigenvalue weighted by molar-refractivity contribution is -0.143. The summed E-state index contributed by atoms with van der Waals surface area (Å²) in [6, 6.07) is 9.00. The van der Waals surface area contributed by atoms with E-state index in [9.17, 15) is 14.7 Å². The average Bonchev–Trinajstić information content (AvgIpc) is 2.91. The number of hydrogen-bond donors (Lipinski definition) is 2. The molecule has 6 heteroatoms. The van der Waals surface area contributed by atoms with Crippen LogP contribution in [0.1, 0.15) is 49.7 Å². The molecule has 2 rings (SSSR count). The Morgan fingerprint density at radius 3 is 2.43 bits per heavy atom. The van der Waals surface area contributed by atoms with Crippen molar-refractivity contribution >= 4 is 11.9 Å². The molecule has 1 heterocycles. The van der Waals surface area contributed by atoms with Crippen molar-refractivity contribution in [1.29, 1.82) is 0 Å². The van der Waals surface area contributed by atoms with Crippen molar-refractivity contribution in [1.82, 2.24) is 15.1 Å². The van der Waals surface area contributed by atoms with E-state index in [2.05, 4.69) is 24.3 Å². The van der Waals surface area contributed by atoms with E-state index in [0.29, 0.717) is 24.3 Å². The van der Waals surface area contributed by atoms with Crippen molar-refractivity contribution in [3.05, 3.63) is 52.8 Å². The summed E-state index contributed by atoms with van der Waals surface area (Å²) in [4.78, 5) is 24.2. The monoisotopic (exact) mass is 385 g/mol. The van der Waals surface area contributed by atoms with Gasteiger partial charge >= 0.3 is 5.97 Å². The molecule has 1 aromatic heterocycles. The zero-order valence-corrected chi connectivity index (χ0v) is 17.5. The first-order valence-electron chi connectivity index (χ1n) is 9.73. The fourth-order valence-electron chi connectivity index (χ4n) is 3.33. The van der Waals surface area contributed by atoms with Crippen LogP contribution in [0.2, 0.25) is 0 Å². The number of carbonyl (C=O) groups is 2. The van der Waals surface area contributed by atoms with E-state index in [1.54, 1.807) is 31.2 Å². The van der Waals surface area contributed by atoms with Crippen LogP contribution < -0.4 is 5.32 Å². The molecule has 152 valence electrons. The quantitative estimate of drug-likeness (QED) is 0.694. The van der Waals surface area contributed by atoms with E-state index in [1.807, 2.05) is 24.6 Å². The standard InChI is InChI=1S/C22H31N3O3/c1-15(2)13-25-17(4)19(16(3)24-25)11-12-20(26)23-14-22(5,21(27)28)18-9-7-6-8-10-18/h6-10,15H,11-14H2,1-5H3,(H,23,26)(H,27,28). The van der Waals surface area contributed by atoms with Crippen LogP contribution in [0.4, 0.5) is 0 Å². The molecule has 0 saturated heterocycles. The van der Waals surface area contributed by atoms with Gasteiger partial charge in [-0.3, -0.25) is 14.3 Å². The van der Waals surface area contributed by atoms with Crippen LogP contribution in [-0.4, -0.2) is 33.3 Å². The number of benzene rings is 1. The first kappa shape index (κ1) is 21.7. The Labute approximate surface area is 167 Å². The van der Waals surface area contributed by atoms with Gasteiger partial charge in [0.05, 0.1) is 5.69 Å². The third-order valence-corrected chi connectivity index (χ3v) is 5.19. The minimum absolute atomic E-state index is 0.0513. The average molecular weight is 386 g/mol. The van der Waals surface area contributed by atoms with Crippen molar-refractivity contribution in [3.8, 4) is 0 Å². The summed E-state index contributed by atoms with van der Waals surface area (Å²) in [5, 5.41) is 17.1. The van der Waals surface area contributed by atoms with Crippen molar-refractivity contribution in [3.63, 3.8) is 0 Å². The Balaban J connectivity index is 1.99. The number of carbonyl (C=O) groups excluding carboxylic acids is 1. The van der Waals surface area contributed by atoms with Crippen LogP contribution in [0, 0.1) is 19.8 Å². The molecular weight excluding hydrogens is 354 g/mol. The van der Waals surface area contributed by atoms with Gasteiger partial charge in [0.1, 0.15) is 5.41 Å². The molecule has 0 fully saturated rings. The van der Waals surface area contributed by atoms with Gasteiger partial charge in [-0.2, -0.15) is 5.10 Å². The van der Waals surface area contributed by atoms with Crippen LogP contribution >= 0.6 is 0 Å². The minimum atomic E-state index is -1.16. The molecule has 1 atom stereocenters. The lowest BCUT2D eigenvalue weighted by Gasteiger charge is -2.25. The number of amides is 1. The highest BCUT2D eigenvalue weighted by Gasteiger charge is 2.35. The van der Waals surface area contributed by atoms with E-state index in [-0.39, 0.29) is 12.5 Å². The fourth-order valence-corrected chi connectivity index (χ4v) is 3.33. The second kappa shape index (κ2) is 9.04. The Kier molecular flexibility index (Phi) is 7.00. The molecule has 2 N–H and O–H groups in total. The predicted molar refractivity (Wildman–Crippen MR) is 109 cm³/mol. The molecule has 28 heavy (non-hydrogen) atoms. The molecule has 1 aromatic carbocycles. The summed E-state index contributed by atoms with van der Waals surface area (Å²) in [6.45, 7) is 10.8. The Hall–Kier alpha value is -2.63. The summed E-state index contributed by atoms with van der Waals surface area (Å²) in [7, 11) is 0. The van der Waals surface area contributed by atoms with E-state index in [4.69, 9.17) is 0 Å². The highest BCUT2D eigenvalue weighted by atomic mass is 16.4. The molecule has 0 aliphatic rings. The smallest absolute Gasteiger partial charge is 0.315 e. The van der Waals surface area contributed by atoms with Crippen LogP contribution in [0.25, 0.3) is 0 Å². The number of nitrogens with one attached hydrogen (secondary N) is 1.